The smallest absolute Gasteiger partial charge is 0.416 e. The molecule has 1 atom stereocenters. The van der Waals surface area contributed by atoms with Crippen molar-refractivity contribution in [1.29, 1.82) is 0 Å². The van der Waals surface area contributed by atoms with Gasteiger partial charge in [0.05, 0.1) is 12.1 Å². The predicted octanol–water partition coefficient (Wildman–Crippen LogP) is 3.39. The maximum Gasteiger partial charge on any atom is 0.416 e. The molecule has 1 amide bonds. The number of nitrogens with zero attached hydrogens (tertiary/aromatic N) is 2. The first-order chi connectivity index (χ1) is 11.4. The van der Waals surface area contributed by atoms with Gasteiger partial charge >= 0.3 is 6.18 Å². The Labute approximate surface area is 136 Å². The molecule has 2 aromatic rings. The fraction of sp³-hybridized carbons (Fsp3) is 0.294. The van der Waals surface area contributed by atoms with Crippen molar-refractivity contribution in [3.05, 3.63) is 59.9 Å². The normalized spacial score (nSPS) is 17.8. The maximum atomic E-state index is 12.8. The number of pyridine rings is 1. The van der Waals surface area contributed by atoms with Crippen LogP contribution in [0.1, 0.15) is 22.3 Å². The van der Waals surface area contributed by atoms with E-state index in [-0.39, 0.29) is 11.7 Å². The number of carbonyl (C=O) groups is 1. The number of likely N-dealkylation sites (tertiary alicyclic amines) is 1. The molecule has 0 radical (unpaired) electrons. The van der Waals surface area contributed by atoms with E-state index in [0.717, 1.165) is 12.1 Å². The minimum absolute atomic E-state index is 0.0365. The molecule has 1 aromatic heterocycles. The van der Waals surface area contributed by atoms with Crippen molar-refractivity contribution in [3.8, 4) is 5.75 Å². The lowest BCUT2D eigenvalue weighted by Crippen LogP contribution is -2.31. The molecule has 0 N–H and O–H groups in total. The molecule has 0 bridgehead atoms. The van der Waals surface area contributed by atoms with Crippen LogP contribution in [0.5, 0.6) is 5.75 Å². The van der Waals surface area contributed by atoms with Crippen molar-refractivity contribution in [1.82, 2.24) is 9.88 Å². The zero-order valence-corrected chi connectivity index (χ0v) is 12.7. The Balaban J connectivity index is 1.66. The molecule has 1 aromatic carbocycles. The molecular formula is C17H15F3N2O2. The van der Waals surface area contributed by atoms with E-state index in [4.69, 9.17) is 4.74 Å². The van der Waals surface area contributed by atoms with Crippen LogP contribution in [-0.2, 0) is 6.18 Å². The average Bonchev–Trinajstić information content (AvgIpc) is 3.03. The number of amides is 1. The van der Waals surface area contributed by atoms with Crippen LogP contribution in [0.4, 0.5) is 13.2 Å². The van der Waals surface area contributed by atoms with Crippen molar-refractivity contribution in [2.75, 3.05) is 13.1 Å². The Kier molecular flexibility index (Phi) is 4.42. The summed E-state index contributed by atoms with van der Waals surface area (Å²) in [5.41, 5.74) is -0.786. The molecule has 1 fully saturated rings. The second-order valence-electron chi connectivity index (χ2n) is 5.54. The van der Waals surface area contributed by atoms with Gasteiger partial charge in [-0.2, -0.15) is 13.2 Å². The Hall–Kier alpha value is -2.57. The van der Waals surface area contributed by atoms with Gasteiger partial charge in [-0.1, -0.05) is 6.07 Å². The third kappa shape index (κ3) is 3.67. The summed E-state index contributed by atoms with van der Waals surface area (Å²) >= 11 is 0. The van der Waals surface area contributed by atoms with Gasteiger partial charge < -0.3 is 9.64 Å². The van der Waals surface area contributed by atoms with Gasteiger partial charge in [0.15, 0.2) is 0 Å². The number of carbonyl (C=O) groups excluding carboxylic acids is 1. The van der Waals surface area contributed by atoms with Gasteiger partial charge in [-0.25, -0.2) is 0 Å². The van der Waals surface area contributed by atoms with Crippen LogP contribution >= 0.6 is 0 Å². The summed E-state index contributed by atoms with van der Waals surface area (Å²) in [5.74, 6) is 0.241. The Bertz CT molecular complexity index is 719. The highest BCUT2D eigenvalue weighted by molar-refractivity contribution is 5.94. The molecule has 24 heavy (non-hydrogen) atoms. The molecule has 3 rings (SSSR count). The van der Waals surface area contributed by atoms with Crippen LogP contribution in [0.2, 0.25) is 0 Å². The van der Waals surface area contributed by atoms with Crippen LogP contribution in [0.25, 0.3) is 0 Å². The molecule has 1 aliphatic rings. The van der Waals surface area contributed by atoms with E-state index in [1.54, 1.807) is 24.5 Å². The monoisotopic (exact) mass is 336 g/mol. The van der Waals surface area contributed by atoms with Crippen molar-refractivity contribution >= 4 is 5.91 Å². The molecule has 0 saturated carbocycles. The third-order valence-corrected chi connectivity index (χ3v) is 3.82. The maximum absolute atomic E-state index is 12.8. The zero-order chi connectivity index (χ0) is 17.2. The average molecular weight is 336 g/mol. The highest BCUT2D eigenvalue weighted by Gasteiger charge is 2.32. The number of ether oxygens (including phenoxy) is 1. The Morgan fingerprint density at radius 2 is 1.96 bits per heavy atom. The minimum Gasteiger partial charge on any atom is -0.488 e. The van der Waals surface area contributed by atoms with E-state index in [2.05, 4.69) is 4.98 Å². The molecule has 126 valence electrons. The summed E-state index contributed by atoms with van der Waals surface area (Å²) in [6.45, 7) is 0.794. The molecule has 0 spiro atoms. The Morgan fingerprint density at radius 3 is 2.67 bits per heavy atom. The molecule has 2 heterocycles. The van der Waals surface area contributed by atoms with E-state index < -0.39 is 17.6 Å². The van der Waals surface area contributed by atoms with E-state index in [0.29, 0.717) is 25.3 Å². The van der Waals surface area contributed by atoms with Gasteiger partial charge in [0.2, 0.25) is 0 Å². The highest BCUT2D eigenvalue weighted by atomic mass is 19.4. The zero-order valence-electron chi connectivity index (χ0n) is 12.7. The summed E-state index contributed by atoms with van der Waals surface area (Å²) in [5, 5.41) is 0. The number of hydrogen-bond acceptors (Lipinski definition) is 3. The lowest BCUT2D eigenvalue weighted by atomic mass is 10.1. The van der Waals surface area contributed by atoms with Crippen molar-refractivity contribution in [2.45, 2.75) is 18.7 Å². The third-order valence-electron chi connectivity index (χ3n) is 3.82. The van der Waals surface area contributed by atoms with Gasteiger partial charge in [-0.3, -0.25) is 9.78 Å². The first-order valence-corrected chi connectivity index (χ1v) is 7.47. The molecule has 1 aliphatic heterocycles. The standard InChI is InChI=1S/C17H15F3N2O2/c18-17(19,20)13-3-1-2-12(10-13)16(23)22-9-6-15(11-22)24-14-4-7-21-8-5-14/h1-5,7-8,10,15H,6,9,11H2/t15-/m0/s1. The number of rotatable bonds is 3. The minimum atomic E-state index is -4.46. The lowest BCUT2D eigenvalue weighted by molar-refractivity contribution is -0.137. The number of benzene rings is 1. The summed E-state index contributed by atoms with van der Waals surface area (Å²) in [7, 11) is 0. The number of alkyl halides is 3. The molecule has 4 nitrogen and oxygen atoms in total. The van der Waals surface area contributed by atoms with Crippen molar-refractivity contribution in [3.63, 3.8) is 0 Å². The summed E-state index contributed by atoms with van der Waals surface area (Å²) in [6, 6.07) is 7.93. The van der Waals surface area contributed by atoms with Crippen LogP contribution in [-0.4, -0.2) is 35.0 Å². The molecular weight excluding hydrogens is 321 g/mol. The summed E-state index contributed by atoms with van der Waals surface area (Å²) in [4.78, 5) is 17.8. The number of aromatic nitrogens is 1. The fourth-order valence-corrected chi connectivity index (χ4v) is 2.63. The highest BCUT2D eigenvalue weighted by Crippen LogP contribution is 2.30. The Morgan fingerprint density at radius 1 is 1.21 bits per heavy atom. The molecule has 0 aliphatic carbocycles. The largest absolute Gasteiger partial charge is 0.488 e. The number of halogens is 3. The quantitative estimate of drug-likeness (QED) is 0.863. The van der Waals surface area contributed by atoms with Crippen LogP contribution in [0.15, 0.2) is 48.8 Å². The number of hydrogen-bond donors (Lipinski definition) is 0. The molecule has 0 unspecified atom stereocenters. The predicted molar refractivity (Wildman–Crippen MR) is 80.6 cm³/mol. The summed E-state index contributed by atoms with van der Waals surface area (Å²) < 4.78 is 44.0. The van der Waals surface area contributed by atoms with E-state index in [1.165, 1.54) is 17.0 Å². The van der Waals surface area contributed by atoms with Gasteiger partial charge in [0, 0.05) is 30.9 Å². The van der Waals surface area contributed by atoms with Crippen LogP contribution in [0.3, 0.4) is 0 Å². The first-order valence-electron chi connectivity index (χ1n) is 7.47. The van der Waals surface area contributed by atoms with Gasteiger partial charge in [0.25, 0.3) is 5.91 Å². The van der Waals surface area contributed by atoms with Gasteiger partial charge in [-0.15, -0.1) is 0 Å². The van der Waals surface area contributed by atoms with Crippen molar-refractivity contribution < 1.29 is 22.7 Å². The van der Waals surface area contributed by atoms with Crippen LogP contribution in [0, 0.1) is 0 Å². The molecule has 7 heteroatoms. The first kappa shape index (κ1) is 16.3. The summed E-state index contributed by atoms with van der Waals surface area (Å²) in [6.07, 6.45) is -0.797. The van der Waals surface area contributed by atoms with Crippen molar-refractivity contribution in [2.24, 2.45) is 0 Å². The van der Waals surface area contributed by atoms with E-state index in [1.807, 2.05) is 0 Å². The SMILES string of the molecule is O=C(c1cccc(C(F)(F)F)c1)N1CC[C@H](Oc2ccncc2)C1. The topological polar surface area (TPSA) is 42.4 Å². The lowest BCUT2D eigenvalue weighted by Gasteiger charge is -2.18. The van der Waals surface area contributed by atoms with Gasteiger partial charge in [-0.05, 0) is 30.3 Å². The van der Waals surface area contributed by atoms with Crippen LogP contribution < -0.4 is 4.74 Å². The van der Waals surface area contributed by atoms with E-state index >= 15 is 0 Å². The van der Waals surface area contributed by atoms with Gasteiger partial charge in [0.1, 0.15) is 11.9 Å². The second kappa shape index (κ2) is 6.51. The van der Waals surface area contributed by atoms with E-state index in [9.17, 15) is 18.0 Å². The fourth-order valence-electron chi connectivity index (χ4n) is 2.63. The second-order valence-corrected chi connectivity index (χ2v) is 5.54. The molecule has 1 saturated heterocycles.